The number of carbonyl (C=O) groups is 1. The summed E-state index contributed by atoms with van der Waals surface area (Å²) in [5.74, 6) is 0.0220. The molecule has 0 saturated carbocycles. The molecule has 0 aliphatic rings. The van der Waals surface area contributed by atoms with Gasteiger partial charge in [-0.15, -0.1) is 0 Å². The smallest absolute Gasteiger partial charge is 0.261 e. The Balaban J connectivity index is 1.73. The minimum atomic E-state index is -0.572. The predicted octanol–water partition coefficient (Wildman–Crippen LogP) is 3.63. The summed E-state index contributed by atoms with van der Waals surface area (Å²) in [6.07, 6.45) is 0.814. The van der Waals surface area contributed by atoms with Crippen LogP contribution in [0.4, 0.5) is 10.1 Å². The minimum Gasteiger partial charge on any atom is -0.481 e. The van der Waals surface area contributed by atoms with Gasteiger partial charge in [0.2, 0.25) is 0 Å². The number of nitrogens with one attached hydrogen (secondary N) is 1. The highest BCUT2D eigenvalue weighted by Gasteiger charge is 2.17. The van der Waals surface area contributed by atoms with Crippen molar-refractivity contribution in [2.75, 3.05) is 25.0 Å². The van der Waals surface area contributed by atoms with Gasteiger partial charge in [0.1, 0.15) is 11.6 Å². The van der Waals surface area contributed by atoms with Gasteiger partial charge >= 0.3 is 0 Å². The second-order valence-electron chi connectivity index (χ2n) is 5.87. The first-order valence-electron chi connectivity index (χ1n) is 8.56. The molecular weight excluding hydrogens is 319 g/mol. The van der Waals surface area contributed by atoms with Gasteiger partial charge in [0.15, 0.2) is 6.10 Å². The van der Waals surface area contributed by atoms with Gasteiger partial charge in [0, 0.05) is 25.8 Å². The standard InChI is InChI=1S/C20H25FN2O2/c1-3-19(25-18-12-10-16(21)11-13-18)20(24)22-14-7-15-23(2)17-8-5-4-6-9-17/h4-6,8-13,19H,3,7,14-15H2,1-2H3,(H,22,24)/t19-/m1/s1. The van der Waals surface area contributed by atoms with Crippen LogP contribution in [0.3, 0.4) is 0 Å². The topological polar surface area (TPSA) is 41.6 Å². The summed E-state index contributed by atoms with van der Waals surface area (Å²) in [6.45, 7) is 3.32. The molecule has 25 heavy (non-hydrogen) atoms. The summed E-state index contributed by atoms with van der Waals surface area (Å²) in [4.78, 5) is 14.4. The molecule has 0 aliphatic carbocycles. The molecule has 5 heteroatoms. The zero-order valence-electron chi connectivity index (χ0n) is 14.7. The maximum absolute atomic E-state index is 12.9. The Labute approximate surface area is 148 Å². The molecule has 0 aliphatic heterocycles. The van der Waals surface area contributed by atoms with Gasteiger partial charge in [-0.25, -0.2) is 4.39 Å². The molecule has 0 aromatic heterocycles. The molecule has 1 amide bonds. The van der Waals surface area contributed by atoms with Crippen LogP contribution in [0.15, 0.2) is 54.6 Å². The maximum Gasteiger partial charge on any atom is 0.261 e. The van der Waals surface area contributed by atoms with Gasteiger partial charge in [-0.1, -0.05) is 25.1 Å². The van der Waals surface area contributed by atoms with Crippen molar-refractivity contribution in [2.24, 2.45) is 0 Å². The fourth-order valence-corrected chi connectivity index (χ4v) is 2.45. The average molecular weight is 344 g/mol. The van der Waals surface area contributed by atoms with Crippen LogP contribution in [0.5, 0.6) is 5.75 Å². The third-order valence-corrected chi connectivity index (χ3v) is 3.92. The summed E-state index contributed by atoms with van der Waals surface area (Å²) in [7, 11) is 2.03. The number of hydrogen-bond donors (Lipinski definition) is 1. The largest absolute Gasteiger partial charge is 0.481 e. The number of halogens is 1. The molecule has 0 fully saturated rings. The van der Waals surface area contributed by atoms with Crippen molar-refractivity contribution < 1.29 is 13.9 Å². The van der Waals surface area contributed by atoms with Gasteiger partial charge in [0.25, 0.3) is 5.91 Å². The van der Waals surface area contributed by atoms with Crippen LogP contribution in [-0.4, -0.2) is 32.1 Å². The molecular formula is C20H25FN2O2. The van der Waals surface area contributed by atoms with Crippen LogP contribution in [-0.2, 0) is 4.79 Å². The number of para-hydroxylation sites is 1. The number of amides is 1. The lowest BCUT2D eigenvalue weighted by atomic mass is 10.2. The van der Waals surface area contributed by atoms with E-state index in [0.29, 0.717) is 18.7 Å². The first-order chi connectivity index (χ1) is 12.1. The Morgan fingerprint density at radius 1 is 1.16 bits per heavy atom. The molecule has 0 spiro atoms. The van der Waals surface area contributed by atoms with Crippen LogP contribution in [0.1, 0.15) is 19.8 Å². The molecule has 4 nitrogen and oxygen atoms in total. The number of ether oxygens (including phenoxy) is 1. The third kappa shape index (κ3) is 6.10. The number of carbonyl (C=O) groups excluding carboxylic acids is 1. The van der Waals surface area contributed by atoms with Crippen molar-refractivity contribution in [3.63, 3.8) is 0 Å². The highest BCUT2D eigenvalue weighted by Crippen LogP contribution is 2.14. The first kappa shape index (κ1) is 18.8. The fraction of sp³-hybridized carbons (Fsp3) is 0.350. The van der Waals surface area contributed by atoms with Crippen molar-refractivity contribution in [3.05, 3.63) is 60.4 Å². The lowest BCUT2D eigenvalue weighted by Crippen LogP contribution is -2.39. The summed E-state index contributed by atoms with van der Waals surface area (Å²) in [5.41, 5.74) is 1.15. The second-order valence-corrected chi connectivity index (χ2v) is 5.87. The van der Waals surface area contributed by atoms with E-state index in [0.717, 1.165) is 18.7 Å². The SMILES string of the molecule is CC[C@@H](Oc1ccc(F)cc1)C(=O)NCCCN(C)c1ccccc1. The number of hydrogen-bond acceptors (Lipinski definition) is 3. The van der Waals surface area contributed by atoms with E-state index >= 15 is 0 Å². The molecule has 0 unspecified atom stereocenters. The van der Waals surface area contributed by atoms with Crippen molar-refractivity contribution in [3.8, 4) is 5.75 Å². The van der Waals surface area contributed by atoms with E-state index in [9.17, 15) is 9.18 Å². The number of rotatable bonds is 9. The van der Waals surface area contributed by atoms with Crippen molar-refractivity contribution >= 4 is 11.6 Å². The number of anilines is 1. The quantitative estimate of drug-likeness (QED) is 0.707. The molecule has 0 bridgehead atoms. The first-order valence-corrected chi connectivity index (χ1v) is 8.56. The van der Waals surface area contributed by atoms with E-state index in [-0.39, 0.29) is 11.7 Å². The molecule has 2 aromatic rings. The molecule has 1 atom stereocenters. The van der Waals surface area contributed by atoms with Gasteiger partial charge in [0.05, 0.1) is 0 Å². The second kappa shape index (κ2) is 9.67. The van der Waals surface area contributed by atoms with E-state index in [1.54, 1.807) is 0 Å². The van der Waals surface area contributed by atoms with Gasteiger partial charge < -0.3 is 15.0 Å². The van der Waals surface area contributed by atoms with Crippen LogP contribution in [0, 0.1) is 5.82 Å². The summed E-state index contributed by atoms with van der Waals surface area (Å²) < 4.78 is 18.6. The van der Waals surface area contributed by atoms with Crippen LogP contribution < -0.4 is 15.0 Å². The normalized spacial score (nSPS) is 11.6. The molecule has 0 heterocycles. The zero-order chi connectivity index (χ0) is 18.1. The Morgan fingerprint density at radius 2 is 1.84 bits per heavy atom. The van der Waals surface area contributed by atoms with E-state index in [4.69, 9.17) is 4.74 Å². The number of nitrogens with zero attached hydrogens (tertiary/aromatic N) is 1. The Morgan fingerprint density at radius 3 is 2.48 bits per heavy atom. The fourth-order valence-electron chi connectivity index (χ4n) is 2.45. The van der Waals surface area contributed by atoms with Gasteiger partial charge in [-0.3, -0.25) is 4.79 Å². The Kier molecular flexibility index (Phi) is 7.26. The monoisotopic (exact) mass is 344 g/mol. The van der Waals surface area contributed by atoms with E-state index in [2.05, 4.69) is 22.3 Å². The van der Waals surface area contributed by atoms with Crippen molar-refractivity contribution in [1.29, 1.82) is 0 Å². The van der Waals surface area contributed by atoms with Crippen LogP contribution in [0.25, 0.3) is 0 Å². The third-order valence-electron chi connectivity index (χ3n) is 3.92. The highest BCUT2D eigenvalue weighted by atomic mass is 19.1. The highest BCUT2D eigenvalue weighted by molar-refractivity contribution is 5.81. The average Bonchev–Trinajstić information content (AvgIpc) is 2.65. The summed E-state index contributed by atoms with van der Waals surface area (Å²) in [5, 5.41) is 2.91. The van der Waals surface area contributed by atoms with E-state index < -0.39 is 6.10 Å². The Hall–Kier alpha value is -2.56. The molecule has 0 radical (unpaired) electrons. The lowest BCUT2D eigenvalue weighted by molar-refractivity contribution is -0.128. The summed E-state index contributed by atoms with van der Waals surface area (Å²) >= 11 is 0. The molecule has 2 aromatic carbocycles. The van der Waals surface area contributed by atoms with Gasteiger partial charge in [-0.2, -0.15) is 0 Å². The molecule has 0 saturated heterocycles. The number of benzene rings is 2. The molecule has 1 N–H and O–H groups in total. The van der Waals surface area contributed by atoms with Crippen LogP contribution in [0.2, 0.25) is 0 Å². The molecule has 2 rings (SSSR count). The van der Waals surface area contributed by atoms with E-state index in [1.165, 1.54) is 24.3 Å². The lowest BCUT2D eigenvalue weighted by Gasteiger charge is -2.20. The minimum absolute atomic E-state index is 0.144. The van der Waals surface area contributed by atoms with Crippen molar-refractivity contribution in [1.82, 2.24) is 5.32 Å². The van der Waals surface area contributed by atoms with Crippen molar-refractivity contribution in [2.45, 2.75) is 25.9 Å². The summed E-state index contributed by atoms with van der Waals surface area (Å²) in [6, 6.07) is 15.8. The molecule has 134 valence electrons. The predicted molar refractivity (Wildman–Crippen MR) is 98.4 cm³/mol. The Bertz CT molecular complexity index is 647. The van der Waals surface area contributed by atoms with Crippen LogP contribution >= 0.6 is 0 Å². The maximum atomic E-state index is 12.9. The van der Waals surface area contributed by atoms with Gasteiger partial charge in [-0.05, 0) is 49.2 Å². The zero-order valence-corrected chi connectivity index (χ0v) is 14.7. The van der Waals surface area contributed by atoms with E-state index in [1.807, 2.05) is 32.2 Å².